The molecule has 1 atom stereocenters. The summed E-state index contributed by atoms with van der Waals surface area (Å²) in [5, 5.41) is 0. The zero-order valence-electron chi connectivity index (χ0n) is 10.3. The van der Waals surface area contributed by atoms with Crippen LogP contribution < -0.4 is 10.5 Å². The maximum atomic E-state index is 12.0. The van der Waals surface area contributed by atoms with Gasteiger partial charge in [0.2, 0.25) is 10.0 Å². The first kappa shape index (κ1) is 14.2. The largest absolute Gasteiger partial charge is 0.326 e. The van der Waals surface area contributed by atoms with Crippen LogP contribution in [-0.2, 0) is 16.6 Å². The zero-order chi connectivity index (χ0) is 12.9. The lowest BCUT2D eigenvalue weighted by Crippen LogP contribution is -2.28. The lowest BCUT2D eigenvalue weighted by Gasteiger charge is -2.11. The number of benzene rings is 1. The van der Waals surface area contributed by atoms with Crippen molar-refractivity contribution in [3.05, 3.63) is 29.8 Å². The Morgan fingerprint density at radius 1 is 1.41 bits per heavy atom. The molecule has 0 bridgehead atoms. The molecule has 96 valence electrons. The van der Waals surface area contributed by atoms with Crippen LogP contribution in [0.4, 0.5) is 0 Å². The Balaban J connectivity index is 2.82. The molecule has 5 heteroatoms. The van der Waals surface area contributed by atoms with Crippen LogP contribution >= 0.6 is 0 Å². The van der Waals surface area contributed by atoms with Gasteiger partial charge in [-0.25, -0.2) is 13.1 Å². The van der Waals surface area contributed by atoms with E-state index >= 15 is 0 Å². The van der Waals surface area contributed by atoms with Gasteiger partial charge in [-0.2, -0.15) is 0 Å². The van der Waals surface area contributed by atoms with Gasteiger partial charge in [0.05, 0.1) is 4.90 Å². The fourth-order valence-corrected chi connectivity index (χ4v) is 2.55. The normalized spacial score (nSPS) is 13.6. The molecular formula is C12H20N2O2S. The van der Waals surface area contributed by atoms with Crippen LogP contribution in [-0.4, -0.2) is 15.0 Å². The Bertz CT molecular complexity index is 457. The molecule has 0 aromatic heterocycles. The van der Waals surface area contributed by atoms with Gasteiger partial charge in [-0.15, -0.1) is 0 Å². The average Bonchev–Trinajstić information content (AvgIpc) is 2.36. The SMILES string of the molecule is CCC(C)CNS(=O)(=O)c1cccc(CN)c1. The van der Waals surface area contributed by atoms with E-state index in [2.05, 4.69) is 4.72 Å². The first-order valence-corrected chi connectivity index (χ1v) is 7.26. The summed E-state index contributed by atoms with van der Waals surface area (Å²) in [5.41, 5.74) is 6.31. The molecule has 1 rings (SSSR count). The highest BCUT2D eigenvalue weighted by Gasteiger charge is 2.14. The number of sulfonamides is 1. The number of nitrogens with one attached hydrogen (secondary N) is 1. The molecule has 0 fully saturated rings. The van der Waals surface area contributed by atoms with Crippen molar-refractivity contribution < 1.29 is 8.42 Å². The Morgan fingerprint density at radius 3 is 2.71 bits per heavy atom. The van der Waals surface area contributed by atoms with Crippen LogP contribution in [0.1, 0.15) is 25.8 Å². The molecule has 1 unspecified atom stereocenters. The number of nitrogens with two attached hydrogens (primary N) is 1. The molecule has 3 N–H and O–H groups in total. The van der Waals surface area contributed by atoms with Crippen LogP contribution in [0, 0.1) is 5.92 Å². The van der Waals surface area contributed by atoms with Gasteiger partial charge in [0.15, 0.2) is 0 Å². The summed E-state index contributed by atoms with van der Waals surface area (Å²) in [6.07, 6.45) is 0.950. The molecule has 4 nitrogen and oxygen atoms in total. The summed E-state index contributed by atoms with van der Waals surface area (Å²) in [7, 11) is -3.40. The minimum absolute atomic E-state index is 0.281. The summed E-state index contributed by atoms with van der Waals surface area (Å²) in [4.78, 5) is 0.281. The predicted molar refractivity (Wildman–Crippen MR) is 69.0 cm³/mol. The molecular weight excluding hydrogens is 236 g/mol. The Labute approximate surface area is 103 Å². The van der Waals surface area contributed by atoms with Crippen LogP contribution in [0.5, 0.6) is 0 Å². The molecule has 1 aromatic carbocycles. The van der Waals surface area contributed by atoms with E-state index in [9.17, 15) is 8.42 Å². The highest BCUT2D eigenvalue weighted by Crippen LogP contribution is 2.11. The van der Waals surface area contributed by atoms with Gasteiger partial charge in [0.25, 0.3) is 0 Å². The smallest absolute Gasteiger partial charge is 0.240 e. The maximum absolute atomic E-state index is 12.0. The molecule has 0 spiro atoms. The molecule has 0 amide bonds. The van der Waals surface area contributed by atoms with Crippen molar-refractivity contribution in [1.82, 2.24) is 4.72 Å². The Kier molecular flexibility index (Phi) is 5.11. The van der Waals surface area contributed by atoms with Gasteiger partial charge in [-0.1, -0.05) is 32.4 Å². The average molecular weight is 256 g/mol. The van der Waals surface area contributed by atoms with Crippen LogP contribution in [0.2, 0.25) is 0 Å². The number of hydrogen-bond donors (Lipinski definition) is 2. The van der Waals surface area contributed by atoms with Crippen molar-refractivity contribution in [3.63, 3.8) is 0 Å². The van der Waals surface area contributed by atoms with Crippen molar-refractivity contribution in [2.45, 2.75) is 31.7 Å². The standard InChI is InChI=1S/C12H20N2O2S/c1-3-10(2)9-14-17(15,16)12-6-4-5-11(7-12)8-13/h4-7,10,14H,3,8-9,13H2,1-2H3. The molecule has 0 saturated carbocycles. The van der Waals surface area contributed by atoms with Crippen molar-refractivity contribution in [2.24, 2.45) is 11.7 Å². The molecule has 0 radical (unpaired) electrons. The second kappa shape index (κ2) is 6.14. The van der Waals surface area contributed by atoms with Crippen molar-refractivity contribution in [2.75, 3.05) is 6.54 Å². The summed E-state index contributed by atoms with van der Waals surface area (Å²) in [6, 6.07) is 6.71. The summed E-state index contributed by atoms with van der Waals surface area (Å²) in [5.74, 6) is 0.336. The number of rotatable bonds is 6. The summed E-state index contributed by atoms with van der Waals surface area (Å²) in [6.45, 7) is 4.85. The fraction of sp³-hybridized carbons (Fsp3) is 0.500. The molecule has 0 aliphatic heterocycles. The van der Waals surface area contributed by atoms with E-state index in [1.165, 1.54) is 0 Å². The quantitative estimate of drug-likeness (QED) is 0.809. The van der Waals surface area contributed by atoms with Crippen molar-refractivity contribution in [3.8, 4) is 0 Å². The lowest BCUT2D eigenvalue weighted by molar-refractivity contribution is 0.528. The zero-order valence-corrected chi connectivity index (χ0v) is 11.1. The van der Waals surface area contributed by atoms with Gasteiger partial charge >= 0.3 is 0 Å². The van der Waals surface area contributed by atoms with Crippen molar-refractivity contribution in [1.29, 1.82) is 0 Å². The summed E-state index contributed by atoms with van der Waals surface area (Å²) < 4.78 is 26.5. The van der Waals surface area contributed by atoms with Gasteiger partial charge in [-0.3, -0.25) is 0 Å². The van der Waals surface area contributed by atoms with Gasteiger partial charge < -0.3 is 5.73 Å². The van der Waals surface area contributed by atoms with Gasteiger partial charge in [0, 0.05) is 13.1 Å². The van der Waals surface area contributed by atoms with E-state index < -0.39 is 10.0 Å². The maximum Gasteiger partial charge on any atom is 0.240 e. The molecule has 0 saturated heterocycles. The minimum Gasteiger partial charge on any atom is -0.326 e. The van der Waals surface area contributed by atoms with Crippen LogP contribution in [0.3, 0.4) is 0 Å². The Morgan fingerprint density at radius 2 is 2.12 bits per heavy atom. The van der Waals surface area contributed by atoms with E-state index in [1.54, 1.807) is 18.2 Å². The van der Waals surface area contributed by atoms with Crippen LogP contribution in [0.25, 0.3) is 0 Å². The van der Waals surface area contributed by atoms with Gasteiger partial charge in [-0.05, 0) is 23.6 Å². The third-order valence-corrected chi connectivity index (χ3v) is 4.18. The first-order valence-electron chi connectivity index (χ1n) is 5.78. The van der Waals surface area contributed by atoms with E-state index in [-0.39, 0.29) is 4.90 Å². The third kappa shape index (κ3) is 4.11. The van der Waals surface area contributed by atoms with E-state index in [0.29, 0.717) is 19.0 Å². The molecule has 17 heavy (non-hydrogen) atoms. The van der Waals surface area contributed by atoms with E-state index in [1.807, 2.05) is 19.9 Å². The van der Waals surface area contributed by atoms with E-state index in [0.717, 1.165) is 12.0 Å². The lowest BCUT2D eigenvalue weighted by atomic mass is 10.1. The highest BCUT2D eigenvalue weighted by molar-refractivity contribution is 7.89. The Hall–Kier alpha value is -0.910. The molecule has 0 heterocycles. The molecule has 0 aliphatic rings. The minimum atomic E-state index is -3.40. The van der Waals surface area contributed by atoms with Crippen molar-refractivity contribution >= 4 is 10.0 Å². The second-order valence-corrected chi connectivity index (χ2v) is 5.98. The fourth-order valence-electron chi connectivity index (χ4n) is 1.32. The topological polar surface area (TPSA) is 72.2 Å². The predicted octanol–water partition coefficient (Wildman–Crippen LogP) is 1.47. The third-order valence-electron chi connectivity index (χ3n) is 2.76. The monoisotopic (exact) mass is 256 g/mol. The highest BCUT2D eigenvalue weighted by atomic mass is 32.2. The van der Waals surface area contributed by atoms with E-state index in [4.69, 9.17) is 5.73 Å². The summed E-state index contributed by atoms with van der Waals surface area (Å²) >= 11 is 0. The number of hydrogen-bond acceptors (Lipinski definition) is 3. The van der Waals surface area contributed by atoms with Crippen LogP contribution in [0.15, 0.2) is 29.2 Å². The molecule has 1 aromatic rings. The second-order valence-electron chi connectivity index (χ2n) is 4.22. The van der Waals surface area contributed by atoms with Gasteiger partial charge in [0.1, 0.15) is 0 Å². The molecule has 0 aliphatic carbocycles. The first-order chi connectivity index (χ1) is 7.99.